The number of esters is 4. The van der Waals surface area contributed by atoms with Gasteiger partial charge in [0.15, 0.2) is 12.2 Å². The monoisotopic (exact) mass is 1280 g/mol. The lowest BCUT2D eigenvalue weighted by Crippen LogP contribution is -2.30. The van der Waals surface area contributed by atoms with Crippen molar-refractivity contribution in [3.8, 4) is 0 Å². The summed E-state index contributed by atoms with van der Waals surface area (Å²) in [5.74, 6) is 0.723. The fourth-order valence-electron chi connectivity index (χ4n) is 10.1. The first kappa shape index (κ1) is 85.1. The standard InChI is InChI=1S/C68H132O17P2/c1-58(2)44-36-28-20-17-15-13-11-9-10-12-14-16-18-22-34-42-50-67(72)84-63(55-79-66(71)49-41-33-26-24-30-38-46-60(5)6)56-82-86(74,75)80-52-62(69)53-81-87(76,77)83-57-64(85-68(73)51-43-35-27-25-31-39-47-61(7)8)54-78-65(70)48-40-32-23-19-21-29-37-45-59(3)4/h58-64,69H,9-57H2,1-8H3,(H,74,75)(H,76,77)/t62?,63-,64-/m1/s1. The smallest absolute Gasteiger partial charge is 0.462 e. The number of carbonyl (C=O) groups excluding carboxylic acids is 4. The second kappa shape index (κ2) is 57.9. The van der Waals surface area contributed by atoms with Crippen molar-refractivity contribution in [2.45, 2.75) is 350 Å². The second-order valence-electron chi connectivity index (χ2n) is 26.5. The van der Waals surface area contributed by atoms with Gasteiger partial charge < -0.3 is 33.8 Å². The molecule has 87 heavy (non-hydrogen) atoms. The lowest BCUT2D eigenvalue weighted by Gasteiger charge is -2.21. The van der Waals surface area contributed by atoms with Crippen LogP contribution in [0.3, 0.4) is 0 Å². The number of phosphoric acid groups is 2. The Bertz CT molecular complexity index is 1730. The summed E-state index contributed by atoms with van der Waals surface area (Å²) < 4.78 is 68.1. The van der Waals surface area contributed by atoms with E-state index in [1.807, 2.05) is 0 Å². The SMILES string of the molecule is CC(C)CCCCCCCCCCCCCCCCCCC(=O)O[C@H](COC(=O)CCCCCCCCC(C)C)COP(=O)(O)OCC(O)COP(=O)(O)OC[C@@H](COC(=O)CCCCCCCCCC(C)C)OC(=O)CCCCCCCCC(C)C. The molecule has 0 aliphatic heterocycles. The first-order chi connectivity index (χ1) is 41.6. The topological polar surface area (TPSA) is 237 Å². The van der Waals surface area contributed by atoms with Crippen LogP contribution in [-0.2, 0) is 65.4 Å². The largest absolute Gasteiger partial charge is 0.472 e. The molecule has 0 heterocycles. The molecule has 0 bridgehead atoms. The number of aliphatic hydroxyl groups excluding tert-OH is 1. The zero-order valence-corrected chi connectivity index (χ0v) is 58.4. The number of aliphatic hydroxyl groups is 1. The van der Waals surface area contributed by atoms with Crippen molar-refractivity contribution in [3.05, 3.63) is 0 Å². The number of hydrogen-bond acceptors (Lipinski definition) is 15. The second-order valence-corrected chi connectivity index (χ2v) is 29.4. The lowest BCUT2D eigenvalue weighted by molar-refractivity contribution is -0.161. The molecule has 0 spiro atoms. The zero-order valence-electron chi connectivity index (χ0n) is 56.6. The van der Waals surface area contributed by atoms with E-state index in [0.717, 1.165) is 109 Å². The molecule has 0 saturated heterocycles. The van der Waals surface area contributed by atoms with Gasteiger partial charge in [-0.2, -0.15) is 0 Å². The van der Waals surface area contributed by atoms with Crippen LogP contribution in [0.5, 0.6) is 0 Å². The van der Waals surface area contributed by atoms with Crippen molar-refractivity contribution >= 4 is 39.5 Å². The molecule has 0 amide bonds. The minimum absolute atomic E-state index is 0.101. The predicted molar refractivity (Wildman–Crippen MR) is 349 cm³/mol. The van der Waals surface area contributed by atoms with Crippen molar-refractivity contribution in [3.63, 3.8) is 0 Å². The Morgan fingerprint density at radius 3 is 0.713 bits per heavy atom. The predicted octanol–water partition coefficient (Wildman–Crippen LogP) is 18.9. The van der Waals surface area contributed by atoms with E-state index in [4.69, 9.17) is 37.0 Å². The van der Waals surface area contributed by atoms with Gasteiger partial charge in [0.05, 0.1) is 26.4 Å². The van der Waals surface area contributed by atoms with Crippen molar-refractivity contribution < 1.29 is 80.2 Å². The Morgan fingerprint density at radius 1 is 0.287 bits per heavy atom. The number of rotatable bonds is 65. The van der Waals surface area contributed by atoms with Gasteiger partial charge in [-0.05, 0) is 49.4 Å². The van der Waals surface area contributed by atoms with Crippen molar-refractivity contribution in [2.75, 3.05) is 39.6 Å². The normalized spacial score (nSPS) is 14.3. The van der Waals surface area contributed by atoms with E-state index < -0.39 is 97.5 Å². The van der Waals surface area contributed by atoms with Gasteiger partial charge in [0.2, 0.25) is 0 Å². The molecule has 0 aliphatic carbocycles. The average Bonchev–Trinajstić information content (AvgIpc) is 3.58. The first-order valence-electron chi connectivity index (χ1n) is 35.2. The van der Waals surface area contributed by atoms with Crippen molar-refractivity contribution in [1.29, 1.82) is 0 Å². The zero-order chi connectivity index (χ0) is 64.7. The fourth-order valence-corrected chi connectivity index (χ4v) is 11.7. The molecule has 516 valence electrons. The first-order valence-corrected chi connectivity index (χ1v) is 38.2. The van der Waals surface area contributed by atoms with E-state index in [2.05, 4.69) is 55.4 Å². The maximum absolute atomic E-state index is 13.0. The molecule has 17 nitrogen and oxygen atoms in total. The maximum Gasteiger partial charge on any atom is 0.472 e. The third-order valence-corrected chi connectivity index (χ3v) is 17.5. The van der Waals surface area contributed by atoms with Crippen molar-refractivity contribution in [2.24, 2.45) is 23.7 Å². The Morgan fingerprint density at radius 2 is 0.483 bits per heavy atom. The molecule has 19 heteroatoms. The van der Waals surface area contributed by atoms with Crippen molar-refractivity contribution in [1.82, 2.24) is 0 Å². The summed E-state index contributed by atoms with van der Waals surface area (Å²) >= 11 is 0. The van der Waals surface area contributed by atoms with E-state index in [1.165, 1.54) is 122 Å². The van der Waals surface area contributed by atoms with Gasteiger partial charge in [0, 0.05) is 25.7 Å². The van der Waals surface area contributed by atoms with Crippen LogP contribution in [0.25, 0.3) is 0 Å². The summed E-state index contributed by atoms with van der Waals surface area (Å²) in [6, 6.07) is 0. The number of hydrogen-bond donors (Lipinski definition) is 3. The molecule has 3 N–H and O–H groups in total. The van der Waals surface area contributed by atoms with Crippen LogP contribution in [0.15, 0.2) is 0 Å². The lowest BCUT2D eigenvalue weighted by atomic mass is 10.0. The van der Waals surface area contributed by atoms with E-state index in [1.54, 1.807) is 0 Å². The molecule has 0 aromatic rings. The van der Waals surface area contributed by atoms with Crippen LogP contribution in [-0.4, -0.2) is 96.7 Å². The summed E-state index contributed by atoms with van der Waals surface area (Å²) in [5, 5.41) is 10.5. The molecule has 0 saturated carbocycles. The molecule has 0 aromatic carbocycles. The van der Waals surface area contributed by atoms with Gasteiger partial charge in [-0.15, -0.1) is 0 Å². The van der Waals surface area contributed by atoms with Crippen LogP contribution in [0.1, 0.15) is 331 Å². The molecule has 3 unspecified atom stereocenters. The number of carbonyl (C=O) groups is 4. The molecular weight excluding hydrogens is 1150 g/mol. The molecule has 0 rings (SSSR count). The summed E-state index contributed by atoms with van der Waals surface area (Å²) in [6.07, 6.45) is 39.5. The Balaban J connectivity index is 5.16. The third-order valence-electron chi connectivity index (χ3n) is 15.6. The maximum atomic E-state index is 13.0. The molecule has 5 atom stereocenters. The Kier molecular flexibility index (Phi) is 56.6. The highest BCUT2D eigenvalue weighted by Gasteiger charge is 2.30. The highest BCUT2D eigenvalue weighted by atomic mass is 31.2. The highest BCUT2D eigenvalue weighted by Crippen LogP contribution is 2.45. The Hall–Kier alpha value is -1.94. The van der Waals surface area contributed by atoms with Crippen LogP contribution >= 0.6 is 15.6 Å². The van der Waals surface area contributed by atoms with Gasteiger partial charge >= 0.3 is 39.5 Å². The van der Waals surface area contributed by atoms with Gasteiger partial charge in [-0.1, -0.05) is 280 Å². The quantitative estimate of drug-likeness (QED) is 0.0222. The van der Waals surface area contributed by atoms with Crippen LogP contribution < -0.4 is 0 Å². The summed E-state index contributed by atoms with van der Waals surface area (Å²) in [6.45, 7) is 13.9. The summed E-state index contributed by atoms with van der Waals surface area (Å²) in [5.41, 5.74) is 0. The number of ether oxygens (including phenoxy) is 4. The fraction of sp³-hybridized carbons (Fsp3) is 0.941. The summed E-state index contributed by atoms with van der Waals surface area (Å²) in [4.78, 5) is 72.3. The van der Waals surface area contributed by atoms with Crippen LogP contribution in [0, 0.1) is 23.7 Å². The van der Waals surface area contributed by atoms with E-state index >= 15 is 0 Å². The molecule has 0 aromatic heterocycles. The molecular formula is C68H132O17P2. The highest BCUT2D eigenvalue weighted by molar-refractivity contribution is 7.47. The third kappa shape index (κ3) is 62.6. The van der Waals surface area contributed by atoms with E-state index in [-0.39, 0.29) is 25.7 Å². The van der Waals surface area contributed by atoms with E-state index in [9.17, 15) is 43.2 Å². The number of unbranched alkanes of at least 4 members (excludes halogenated alkanes) is 31. The van der Waals surface area contributed by atoms with Gasteiger partial charge in [0.1, 0.15) is 19.3 Å². The van der Waals surface area contributed by atoms with Crippen LogP contribution in [0.4, 0.5) is 0 Å². The Labute approximate surface area is 530 Å². The minimum Gasteiger partial charge on any atom is -0.462 e. The van der Waals surface area contributed by atoms with Gasteiger partial charge in [-0.25, -0.2) is 9.13 Å². The molecule has 0 aliphatic rings. The number of phosphoric ester groups is 2. The van der Waals surface area contributed by atoms with Gasteiger partial charge in [-0.3, -0.25) is 37.3 Å². The minimum atomic E-state index is -4.95. The van der Waals surface area contributed by atoms with E-state index in [0.29, 0.717) is 43.4 Å². The van der Waals surface area contributed by atoms with Gasteiger partial charge in [0.25, 0.3) is 0 Å². The molecule has 0 fully saturated rings. The van der Waals surface area contributed by atoms with Crippen LogP contribution in [0.2, 0.25) is 0 Å². The average molecular weight is 1280 g/mol. The molecule has 0 radical (unpaired) electrons. The summed E-state index contributed by atoms with van der Waals surface area (Å²) in [7, 11) is -9.89.